The van der Waals surface area contributed by atoms with E-state index in [1.807, 2.05) is 48.5 Å². The fourth-order valence-electron chi connectivity index (χ4n) is 4.10. The Hall–Kier alpha value is -4.23. The van der Waals surface area contributed by atoms with Crippen molar-refractivity contribution in [3.63, 3.8) is 0 Å². The van der Waals surface area contributed by atoms with E-state index in [1.54, 1.807) is 30.3 Å². The Balaban J connectivity index is 1.60. The lowest BCUT2D eigenvalue weighted by atomic mass is 9.98. The molecule has 0 unspecified atom stereocenters. The van der Waals surface area contributed by atoms with Crippen LogP contribution in [0.4, 0.5) is 18.9 Å². The quantitative estimate of drug-likeness (QED) is 0.289. The molecule has 0 saturated heterocycles. The van der Waals surface area contributed by atoms with Crippen LogP contribution in [0.5, 0.6) is 0 Å². The molecule has 0 spiro atoms. The molecule has 0 bridgehead atoms. The number of rotatable bonds is 4. The first kappa shape index (κ1) is 22.6. The van der Waals surface area contributed by atoms with Crippen LogP contribution in [0.15, 0.2) is 91.0 Å². The van der Waals surface area contributed by atoms with Crippen molar-refractivity contribution in [2.24, 2.45) is 5.73 Å². The molecule has 1 aromatic heterocycles. The van der Waals surface area contributed by atoms with Gasteiger partial charge in [0.2, 0.25) is 5.91 Å². The largest absolute Gasteiger partial charge is 0.416 e. The van der Waals surface area contributed by atoms with Crippen LogP contribution in [-0.4, -0.2) is 17.4 Å². The summed E-state index contributed by atoms with van der Waals surface area (Å²) in [6, 6.07) is 26.1. The zero-order valence-corrected chi connectivity index (χ0v) is 18.4. The van der Waals surface area contributed by atoms with Gasteiger partial charge >= 0.3 is 6.18 Å². The minimum absolute atomic E-state index is 0.165. The monoisotopic (exact) mass is 471 g/mol. The van der Waals surface area contributed by atoms with Crippen molar-refractivity contribution in [1.29, 1.82) is 0 Å². The summed E-state index contributed by atoms with van der Waals surface area (Å²) in [5.41, 5.74) is 6.52. The van der Waals surface area contributed by atoms with Gasteiger partial charge in [-0.3, -0.25) is 4.79 Å². The van der Waals surface area contributed by atoms with E-state index in [0.717, 1.165) is 33.7 Å². The third kappa shape index (κ3) is 4.58. The van der Waals surface area contributed by atoms with Crippen LogP contribution in [0.2, 0.25) is 0 Å². The lowest BCUT2D eigenvalue weighted by Gasteiger charge is -2.13. The molecule has 0 aliphatic rings. The first-order valence-electron chi connectivity index (χ1n) is 10.9. The number of benzene rings is 4. The highest BCUT2D eigenvalue weighted by Gasteiger charge is 2.32. The number of amides is 1. The number of carbonyl (C=O) groups is 1. The van der Waals surface area contributed by atoms with Crippen LogP contribution < -0.4 is 11.1 Å². The Morgan fingerprint density at radius 1 is 0.771 bits per heavy atom. The van der Waals surface area contributed by atoms with E-state index in [9.17, 15) is 18.0 Å². The van der Waals surface area contributed by atoms with E-state index in [2.05, 4.69) is 10.3 Å². The molecule has 5 rings (SSSR count). The minimum atomic E-state index is -4.53. The van der Waals surface area contributed by atoms with Crippen LogP contribution in [0.25, 0.3) is 44.1 Å². The highest BCUT2D eigenvalue weighted by molar-refractivity contribution is 6.08. The molecule has 4 nitrogen and oxygen atoms in total. The van der Waals surface area contributed by atoms with Gasteiger partial charge in [0.25, 0.3) is 0 Å². The van der Waals surface area contributed by atoms with E-state index in [1.165, 1.54) is 0 Å². The van der Waals surface area contributed by atoms with Gasteiger partial charge in [0.05, 0.1) is 23.5 Å². The fraction of sp³-hybridized carbons (Fsp3) is 0.0714. The number of pyridine rings is 1. The molecule has 0 saturated carbocycles. The van der Waals surface area contributed by atoms with Crippen LogP contribution in [-0.2, 0) is 11.0 Å². The van der Waals surface area contributed by atoms with Gasteiger partial charge in [0.15, 0.2) is 0 Å². The maximum absolute atomic E-state index is 13.8. The van der Waals surface area contributed by atoms with Crippen molar-refractivity contribution in [1.82, 2.24) is 4.98 Å². The third-order valence-electron chi connectivity index (χ3n) is 5.84. The minimum Gasteiger partial charge on any atom is -0.325 e. The van der Waals surface area contributed by atoms with Crippen molar-refractivity contribution in [2.45, 2.75) is 6.18 Å². The number of anilines is 1. The molecule has 5 aromatic rings. The number of nitrogens with two attached hydrogens (primary N) is 1. The number of hydrogen-bond donors (Lipinski definition) is 2. The van der Waals surface area contributed by atoms with E-state index in [4.69, 9.17) is 5.73 Å². The van der Waals surface area contributed by atoms with Gasteiger partial charge in [-0.2, -0.15) is 13.2 Å². The van der Waals surface area contributed by atoms with Crippen molar-refractivity contribution in [2.75, 3.05) is 11.9 Å². The topological polar surface area (TPSA) is 68.0 Å². The lowest BCUT2D eigenvalue weighted by Crippen LogP contribution is -2.21. The fourth-order valence-corrected chi connectivity index (χ4v) is 4.10. The Morgan fingerprint density at radius 3 is 2.11 bits per heavy atom. The number of fused-ring (bicyclic) bond motifs is 3. The summed E-state index contributed by atoms with van der Waals surface area (Å²) in [7, 11) is 0. The number of aromatic nitrogens is 1. The number of alkyl halides is 3. The van der Waals surface area contributed by atoms with Crippen LogP contribution in [0, 0.1) is 0 Å². The molecule has 3 N–H and O–H groups in total. The predicted molar refractivity (Wildman–Crippen MR) is 133 cm³/mol. The molecule has 4 aromatic carbocycles. The van der Waals surface area contributed by atoms with Crippen molar-refractivity contribution >= 4 is 33.1 Å². The van der Waals surface area contributed by atoms with Gasteiger partial charge in [-0.1, -0.05) is 60.7 Å². The predicted octanol–water partition coefficient (Wildman–Crippen LogP) is 6.64. The maximum atomic E-state index is 13.8. The van der Waals surface area contributed by atoms with E-state index < -0.39 is 11.7 Å². The van der Waals surface area contributed by atoms with Crippen LogP contribution in [0.3, 0.4) is 0 Å². The summed E-state index contributed by atoms with van der Waals surface area (Å²) >= 11 is 0. The Morgan fingerprint density at radius 2 is 1.40 bits per heavy atom. The highest BCUT2D eigenvalue weighted by Crippen LogP contribution is 2.36. The second-order valence-electron chi connectivity index (χ2n) is 8.18. The van der Waals surface area contributed by atoms with Crippen molar-refractivity contribution in [3.8, 4) is 22.5 Å². The number of carbonyl (C=O) groups excluding carboxylic acids is 1. The number of nitrogens with zero attached hydrogens (tertiary/aromatic N) is 1. The standard InChI is InChI=1S/C28H20F3N3O/c29-28(30,31)21-14-25(18-7-10-22(11-8-18)33-27(35)16-32)34-26(15-21)20-9-12-24-19(13-20)6-5-17-3-1-2-4-23(17)24/h1-15H,16,32H2,(H,33,35). The summed E-state index contributed by atoms with van der Waals surface area (Å²) < 4.78 is 41.3. The Labute approximate surface area is 199 Å². The zero-order valence-electron chi connectivity index (χ0n) is 18.4. The summed E-state index contributed by atoms with van der Waals surface area (Å²) in [5, 5.41) is 6.72. The molecule has 1 heterocycles. The van der Waals surface area contributed by atoms with E-state index in [0.29, 0.717) is 16.8 Å². The molecule has 0 aliphatic carbocycles. The van der Waals surface area contributed by atoms with Gasteiger partial charge in [0.1, 0.15) is 0 Å². The zero-order chi connectivity index (χ0) is 24.6. The molecule has 0 atom stereocenters. The Kier molecular flexibility index (Phi) is 5.70. The molecule has 0 radical (unpaired) electrons. The summed E-state index contributed by atoms with van der Waals surface area (Å²) in [6.45, 7) is -0.165. The maximum Gasteiger partial charge on any atom is 0.416 e. The van der Waals surface area contributed by atoms with Gasteiger partial charge in [-0.15, -0.1) is 0 Å². The molecule has 0 aliphatic heterocycles. The van der Waals surface area contributed by atoms with E-state index in [-0.39, 0.29) is 23.8 Å². The second-order valence-corrected chi connectivity index (χ2v) is 8.18. The van der Waals surface area contributed by atoms with Crippen molar-refractivity contribution in [3.05, 3.63) is 96.6 Å². The van der Waals surface area contributed by atoms with Gasteiger partial charge < -0.3 is 11.1 Å². The highest BCUT2D eigenvalue weighted by atomic mass is 19.4. The summed E-state index contributed by atoms with van der Waals surface area (Å²) in [6.07, 6.45) is -4.53. The smallest absolute Gasteiger partial charge is 0.325 e. The molecule has 174 valence electrons. The van der Waals surface area contributed by atoms with Crippen molar-refractivity contribution < 1.29 is 18.0 Å². The molecule has 35 heavy (non-hydrogen) atoms. The molecule has 7 heteroatoms. The van der Waals surface area contributed by atoms with Crippen LogP contribution in [0.1, 0.15) is 5.56 Å². The lowest BCUT2D eigenvalue weighted by molar-refractivity contribution is -0.137. The average molecular weight is 471 g/mol. The normalized spacial score (nSPS) is 11.7. The van der Waals surface area contributed by atoms with Crippen LogP contribution >= 0.6 is 0 Å². The third-order valence-corrected chi connectivity index (χ3v) is 5.84. The second kappa shape index (κ2) is 8.85. The summed E-state index contributed by atoms with van der Waals surface area (Å²) in [5.74, 6) is -0.360. The SMILES string of the molecule is NCC(=O)Nc1ccc(-c2cc(C(F)(F)F)cc(-c3ccc4c(ccc5ccccc54)c3)n2)cc1. The number of halogens is 3. The molecule has 0 fully saturated rings. The van der Waals surface area contributed by atoms with Gasteiger partial charge in [-0.05, 0) is 51.9 Å². The number of nitrogens with one attached hydrogen (secondary N) is 1. The summed E-state index contributed by atoms with van der Waals surface area (Å²) in [4.78, 5) is 16.0. The number of hydrogen-bond acceptors (Lipinski definition) is 3. The average Bonchev–Trinajstić information content (AvgIpc) is 2.88. The molecule has 1 amide bonds. The van der Waals surface area contributed by atoms with Gasteiger partial charge in [0, 0.05) is 16.8 Å². The van der Waals surface area contributed by atoms with Gasteiger partial charge in [-0.25, -0.2) is 4.98 Å². The first-order chi connectivity index (χ1) is 16.8. The Bertz CT molecular complexity index is 1560. The molecular formula is C28H20F3N3O. The van der Waals surface area contributed by atoms with E-state index >= 15 is 0 Å². The first-order valence-corrected chi connectivity index (χ1v) is 10.9. The molecular weight excluding hydrogens is 451 g/mol.